The first kappa shape index (κ1) is 18.2. The second-order valence-corrected chi connectivity index (χ2v) is 5.24. The summed E-state index contributed by atoms with van der Waals surface area (Å²) in [6.45, 7) is 5.36. The molecule has 0 bridgehead atoms. The summed E-state index contributed by atoms with van der Waals surface area (Å²) in [7, 11) is 1.82. The van der Waals surface area contributed by atoms with Crippen LogP contribution in [0, 0.1) is 0 Å². The largest absolute Gasteiger partial charge is 0.355 e. The van der Waals surface area contributed by atoms with E-state index in [0.717, 1.165) is 25.6 Å². The summed E-state index contributed by atoms with van der Waals surface area (Å²) in [5.41, 5.74) is 1.27. The summed E-state index contributed by atoms with van der Waals surface area (Å²) in [5, 5.41) is 6.73. The van der Waals surface area contributed by atoms with Crippen molar-refractivity contribution in [3.63, 3.8) is 0 Å². The zero-order valence-electron chi connectivity index (χ0n) is 12.8. The number of piperidine rings is 1. The quantitative estimate of drug-likeness (QED) is 0.452. The van der Waals surface area contributed by atoms with Gasteiger partial charge in [0.2, 0.25) is 0 Å². The van der Waals surface area contributed by atoms with Gasteiger partial charge in [-0.15, -0.1) is 24.0 Å². The van der Waals surface area contributed by atoms with Gasteiger partial charge in [0.25, 0.3) is 0 Å². The van der Waals surface area contributed by atoms with Crippen molar-refractivity contribution < 1.29 is 0 Å². The van der Waals surface area contributed by atoms with Gasteiger partial charge in [0.05, 0.1) is 0 Å². The molecule has 1 saturated heterocycles. The van der Waals surface area contributed by atoms with Crippen LogP contribution in [-0.2, 0) is 6.54 Å². The Hall–Kier alpha value is -0.820. The van der Waals surface area contributed by atoms with E-state index in [0.29, 0.717) is 0 Å². The normalized spacial score (nSPS) is 16.1. The minimum absolute atomic E-state index is 0. The molecule has 0 unspecified atom stereocenters. The van der Waals surface area contributed by atoms with Crippen molar-refractivity contribution >= 4 is 29.9 Å². The lowest BCUT2D eigenvalue weighted by molar-refractivity contribution is 0.232. The van der Waals surface area contributed by atoms with Gasteiger partial charge in [-0.2, -0.15) is 0 Å². The van der Waals surface area contributed by atoms with E-state index < -0.39 is 0 Å². The van der Waals surface area contributed by atoms with Crippen LogP contribution in [0.5, 0.6) is 0 Å². The molecular formula is C16H27IN4. The Morgan fingerprint density at radius 1 is 1.10 bits per heavy atom. The number of hydrogen-bond donors (Lipinski definition) is 2. The Morgan fingerprint density at radius 2 is 1.81 bits per heavy atom. The minimum Gasteiger partial charge on any atom is -0.355 e. The fraction of sp³-hybridized carbons (Fsp3) is 0.562. The highest BCUT2D eigenvalue weighted by Crippen LogP contribution is 2.07. The van der Waals surface area contributed by atoms with Crippen LogP contribution in [0.4, 0.5) is 0 Å². The number of guanidine groups is 1. The summed E-state index contributed by atoms with van der Waals surface area (Å²) in [5.74, 6) is 0.880. The lowest BCUT2D eigenvalue weighted by Crippen LogP contribution is -2.42. The van der Waals surface area contributed by atoms with Crippen LogP contribution in [-0.4, -0.2) is 44.1 Å². The zero-order valence-corrected chi connectivity index (χ0v) is 15.2. The summed E-state index contributed by atoms with van der Waals surface area (Å²) < 4.78 is 0. The summed E-state index contributed by atoms with van der Waals surface area (Å²) in [4.78, 5) is 6.79. The number of hydrogen-bond acceptors (Lipinski definition) is 2. The lowest BCUT2D eigenvalue weighted by Gasteiger charge is -2.26. The van der Waals surface area contributed by atoms with Gasteiger partial charge in [-0.05, 0) is 31.5 Å². The first-order valence-electron chi connectivity index (χ1n) is 7.59. The summed E-state index contributed by atoms with van der Waals surface area (Å²) >= 11 is 0. The van der Waals surface area contributed by atoms with Crippen LogP contribution in [0.25, 0.3) is 0 Å². The first-order chi connectivity index (χ1) is 9.88. The van der Waals surface area contributed by atoms with E-state index in [-0.39, 0.29) is 24.0 Å². The van der Waals surface area contributed by atoms with E-state index in [2.05, 4.69) is 44.8 Å². The maximum Gasteiger partial charge on any atom is 0.191 e. The van der Waals surface area contributed by atoms with Crippen molar-refractivity contribution in [3.8, 4) is 0 Å². The van der Waals surface area contributed by atoms with Crippen LogP contribution >= 0.6 is 24.0 Å². The van der Waals surface area contributed by atoms with E-state index in [1.807, 2.05) is 13.1 Å². The third kappa shape index (κ3) is 7.13. The molecule has 21 heavy (non-hydrogen) atoms. The van der Waals surface area contributed by atoms with Gasteiger partial charge in [-0.1, -0.05) is 36.8 Å². The average Bonchev–Trinajstić information content (AvgIpc) is 2.52. The van der Waals surface area contributed by atoms with Crippen LogP contribution in [0.15, 0.2) is 35.3 Å². The highest BCUT2D eigenvalue weighted by Gasteiger charge is 2.09. The van der Waals surface area contributed by atoms with Gasteiger partial charge < -0.3 is 15.5 Å². The van der Waals surface area contributed by atoms with E-state index in [9.17, 15) is 0 Å². The van der Waals surface area contributed by atoms with Crippen molar-refractivity contribution in [1.82, 2.24) is 15.5 Å². The van der Waals surface area contributed by atoms with Crippen molar-refractivity contribution in [1.29, 1.82) is 0 Å². The molecule has 4 nitrogen and oxygen atoms in total. The van der Waals surface area contributed by atoms with E-state index >= 15 is 0 Å². The molecule has 1 aliphatic rings. The molecule has 5 heteroatoms. The van der Waals surface area contributed by atoms with Crippen molar-refractivity contribution in [2.75, 3.05) is 33.2 Å². The van der Waals surface area contributed by atoms with Gasteiger partial charge >= 0.3 is 0 Å². The number of halogens is 1. The van der Waals surface area contributed by atoms with Gasteiger partial charge in [-0.3, -0.25) is 4.99 Å². The average molecular weight is 402 g/mol. The summed E-state index contributed by atoms with van der Waals surface area (Å²) in [6.07, 6.45) is 4.09. The van der Waals surface area contributed by atoms with Crippen molar-refractivity contribution in [3.05, 3.63) is 35.9 Å². The maximum atomic E-state index is 4.26. The second-order valence-electron chi connectivity index (χ2n) is 5.24. The fourth-order valence-corrected chi connectivity index (χ4v) is 2.52. The molecular weight excluding hydrogens is 375 g/mol. The van der Waals surface area contributed by atoms with Crippen LogP contribution in [0.1, 0.15) is 24.8 Å². The van der Waals surface area contributed by atoms with E-state index in [1.54, 1.807) is 0 Å². The molecule has 0 aliphatic carbocycles. The van der Waals surface area contributed by atoms with Crippen LogP contribution in [0.2, 0.25) is 0 Å². The molecule has 118 valence electrons. The molecule has 1 aromatic carbocycles. The molecule has 0 atom stereocenters. The smallest absolute Gasteiger partial charge is 0.191 e. The van der Waals surface area contributed by atoms with E-state index in [4.69, 9.17) is 0 Å². The Morgan fingerprint density at radius 3 is 2.48 bits per heavy atom. The van der Waals surface area contributed by atoms with Gasteiger partial charge in [0.15, 0.2) is 5.96 Å². The van der Waals surface area contributed by atoms with Gasteiger partial charge in [0.1, 0.15) is 0 Å². The molecule has 2 rings (SSSR count). The fourth-order valence-electron chi connectivity index (χ4n) is 2.52. The predicted molar refractivity (Wildman–Crippen MR) is 100 cm³/mol. The molecule has 1 aromatic rings. The van der Waals surface area contributed by atoms with Gasteiger partial charge in [0, 0.05) is 26.7 Å². The van der Waals surface area contributed by atoms with E-state index in [1.165, 1.54) is 37.9 Å². The Labute approximate surface area is 145 Å². The molecule has 0 amide bonds. The highest BCUT2D eigenvalue weighted by atomic mass is 127. The first-order valence-corrected chi connectivity index (χ1v) is 7.59. The molecule has 0 spiro atoms. The SMILES string of the molecule is CN=C(NCCN1CCCCC1)NCc1ccccc1.I. The third-order valence-corrected chi connectivity index (χ3v) is 3.70. The molecule has 0 saturated carbocycles. The topological polar surface area (TPSA) is 39.7 Å². The Bertz CT molecular complexity index is 402. The van der Waals surface area contributed by atoms with Gasteiger partial charge in [-0.25, -0.2) is 0 Å². The monoisotopic (exact) mass is 402 g/mol. The summed E-state index contributed by atoms with van der Waals surface area (Å²) in [6, 6.07) is 10.4. The predicted octanol–water partition coefficient (Wildman–Crippen LogP) is 2.46. The number of likely N-dealkylation sites (tertiary alicyclic amines) is 1. The second kappa shape index (κ2) is 10.8. The zero-order chi connectivity index (χ0) is 14.0. The molecule has 2 N–H and O–H groups in total. The molecule has 1 fully saturated rings. The van der Waals surface area contributed by atoms with Crippen LogP contribution < -0.4 is 10.6 Å². The van der Waals surface area contributed by atoms with Crippen molar-refractivity contribution in [2.24, 2.45) is 4.99 Å². The lowest BCUT2D eigenvalue weighted by atomic mass is 10.1. The number of rotatable bonds is 5. The van der Waals surface area contributed by atoms with Crippen LogP contribution in [0.3, 0.4) is 0 Å². The third-order valence-electron chi connectivity index (χ3n) is 3.70. The Balaban J connectivity index is 0.00000220. The Kier molecular flexibility index (Phi) is 9.41. The molecule has 0 aromatic heterocycles. The van der Waals surface area contributed by atoms with Crippen molar-refractivity contribution in [2.45, 2.75) is 25.8 Å². The molecule has 0 radical (unpaired) electrons. The number of nitrogens with one attached hydrogen (secondary N) is 2. The molecule has 1 heterocycles. The highest BCUT2D eigenvalue weighted by molar-refractivity contribution is 14.0. The standard InChI is InChI=1S/C16H26N4.HI/c1-17-16(19-14-15-8-4-2-5-9-15)18-10-13-20-11-6-3-7-12-20;/h2,4-5,8-9H,3,6-7,10-14H2,1H3,(H2,17,18,19);1H. The maximum absolute atomic E-state index is 4.26. The number of benzene rings is 1. The minimum atomic E-state index is 0. The molecule has 1 aliphatic heterocycles. The number of nitrogens with zero attached hydrogens (tertiary/aromatic N) is 2. The number of aliphatic imine (C=N–C) groups is 1.